The second kappa shape index (κ2) is 7.32. The number of nitrogens with one attached hydrogen (secondary N) is 1. The molecule has 1 unspecified atom stereocenters. The van der Waals surface area contributed by atoms with Crippen LogP contribution in [0.1, 0.15) is 6.92 Å². The van der Waals surface area contributed by atoms with Gasteiger partial charge >= 0.3 is 0 Å². The first-order chi connectivity index (χ1) is 9.42. The summed E-state index contributed by atoms with van der Waals surface area (Å²) in [7, 11) is -2.29. The number of nitrogens with zero attached hydrogens (tertiary/aromatic N) is 1. The second-order valence-electron chi connectivity index (χ2n) is 4.22. The number of methoxy groups -OCH3 is 1. The van der Waals surface area contributed by atoms with Crippen LogP contribution in [-0.4, -0.2) is 45.4 Å². The monoisotopic (exact) mass is 302 g/mol. The Morgan fingerprint density at radius 3 is 2.60 bits per heavy atom. The van der Waals surface area contributed by atoms with E-state index in [1.807, 2.05) is 6.92 Å². The minimum atomic E-state index is -3.76. The molecule has 1 rings (SSSR count). The van der Waals surface area contributed by atoms with E-state index in [4.69, 9.17) is 4.74 Å². The second-order valence-corrected chi connectivity index (χ2v) is 6.22. The maximum Gasteiger partial charge on any atom is 0.287 e. The first-order valence-corrected chi connectivity index (χ1v) is 7.76. The summed E-state index contributed by atoms with van der Waals surface area (Å²) in [5, 5.41) is 13.9. The fourth-order valence-electron chi connectivity index (χ4n) is 1.88. The van der Waals surface area contributed by atoms with E-state index >= 15 is 0 Å². The van der Waals surface area contributed by atoms with Crippen LogP contribution < -0.4 is 5.32 Å². The average molecular weight is 302 g/mol. The lowest BCUT2D eigenvalue weighted by Crippen LogP contribution is -2.39. The number of nitro groups is 1. The zero-order chi connectivity index (χ0) is 15.2. The number of rotatable bonds is 8. The summed E-state index contributed by atoms with van der Waals surface area (Å²) >= 11 is 0. The van der Waals surface area contributed by atoms with Crippen LogP contribution in [0.25, 0.3) is 0 Å². The molecule has 112 valence electrons. The van der Waals surface area contributed by atoms with Gasteiger partial charge in [-0.1, -0.05) is 19.1 Å². The maximum absolute atomic E-state index is 12.3. The van der Waals surface area contributed by atoms with Gasteiger partial charge in [0.1, 0.15) is 4.90 Å². The van der Waals surface area contributed by atoms with Crippen LogP contribution >= 0.6 is 0 Å². The van der Waals surface area contributed by atoms with Crippen molar-refractivity contribution < 1.29 is 18.1 Å². The molecule has 0 radical (unpaired) electrons. The molecular weight excluding hydrogens is 284 g/mol. The first-order valence-electron chi connectivity index (χ1n) is 6.10. The highest BCUT2D eigenvalue weighted by atomic mass is 32.2. The van der Waals surface area contributed by atoms with Gasteiger partial charge in [0.25, 0.3) is 5.69 Å². The van der Waals surface area contributed by atoms with Gasteiger partial charge in [0.15, 0.2) is 9.84 Å². The Balaban J connectivity index is 3.07. The smallest absolute Gasteiger partial charge is 0.287 e. The van der Waals surface area contributed by atoms with Gasteiger partial charge in [0.2, 0.25) is 0 Å². The molecule has 0 heterocycles. The molecule has 7 nitrogen and oxygen atoms in total. The van der Waals surface area contributed by atoms with Crippen molar-refractivity contribution in [2.24, 2.45) is 0 Å². The SMILES string of the molecule is CCNC(COC)CS(=O)(=O)c1ccccc1[N+](=O)[O-]. The lowest BCUT2D eigenvalue weighted by Gasteiger charge is -2.16. The zero-order valence-corrected chi connectivity index (χ0v) is 12.2. The molecular formula is C12H18N2O5S. The van der Waals surface area contributed by atoms with Crippen LogP contribution in [0.15, 0.2) is 29.2 Å². The molecule has 0 aliphatic rings. The molecule has 8 heteroatoms. The van der Waals surface area contributed by atoms with Crippen LogP contribution in [0, 0.1) is 10.1 Å². The van der Waals surface area contributed by atoms with Crippen molar-refractivity contribution in [1.29, 1.82) is 0 Å². The minimum Gasteiger partial charge on any atom is -0.383 e. The van der Waals surface area contributed by atoms with E-state index in [2.05, 4.69) is 5.32 Å². The van der Waals surface area contributed by atoms with Crippen LogP contribution in [0.5, 0.6) is 0 Å². The largest absolute Gasteiger partial charge is 0.383 e. The number of benzene rings is 1. The molecule has 1 atom stereocenters. The van der Waals surface area contributed by atoms with E-state index in [1.165, 1.54) is 31.4 Å². The van der Waals surface area contributed by atoms with E-state index < -0.39 is 26.5 Å². The minimum absolute atomic E-state index is 0.216. The van der Waals surface area contributed by atoms with Gasteiger partial charge in [-0.3, -0.25) is 10.1 Å². The van der Waals surface area contributed by atoms with Gasteiger partial charge in [0, 0.05) is 19.2 Å². The summed E-state index contributed by atoms with van der Waals surface area (Å²) < 4.78 is 29.6. The normalized spacial score (nSPS) is 13.1. The van der Waals surface area contributed by atoms with E-state index in [0.29, 0.717) is 6.54 Å². The molecule has 0 fully saturated rings. The van der Waals surface area contributed by atoms with E-state index in [9.17, 15) is 18.5 Å². The Labute approximate surface area is 118 Å². The molecule has 0 aliphatic carbocycles. The molecule has 0 saturated heterocycles. The van der Waals surface area contributed by atoms with E-state index in [0.717, 1.165) is 0 Å². The fraction of sp³-hybridized carbons (Fsp3) is 0.500. The highest BCUT2D eigenvalue weighted by molar-refractivity contribution is 7.91. The summed E-state index contributed by atoms with van der Waals surface area (Å²) in [6, 6.07) is 4.94. The highest BCUT2D eigenvalue weighted by Gasteiger charge is 2.27. The van der Waals surface area contributed by atoms with E-state index in [-0.39, 0.29) is 17.3 Å². The van der Waals surface area contributed by atoms with Crippen molar-refractivity contribution in [2.75, 3.05) is 26.0 Å². The van der Waals surface area contributed by atoms with Crippen molar-refractivity contribution in [2.45, 2.75) is 17.9 Å². The summed E-state index contributed by atoms with van der Waals surface area (Å²) in [5.41, 5.74) is -0.403. The molecule has 20 heavy (non-hydrogen) atoms. The summed E-state index contributed by atoms with van der Waals surface area (Å²) in [4.78, 5) is 9.96. The Morgan fingerprint density at radius 1 is 1.40 bits per heavy atom. The third kappa shape index (κ3) is 4.26. The molecule has 1 aromatic rings. The third-order valence-corrected chi connectivity index (χ3v) is 4.53. The molecule has 1 N–H and O–H groups in total. The zero-order valence-electron chi connectivity index (χ0n) is 11.4. The highest BCUT2D eigenvalue weighted by Crippen LogP contribution is 2.24. The van der Waals surface area contributed by atoms with E-state index in [1.54, 1.807) is 0 Å². The molecule has 0 aliphatic heterocycles. The standard InChI is InChI=1S/C12H18N2O5S/c1-3-13-10(8-19-2)9-20(17,18)12-7-5-4-6-11(12)14(15)16/h4-7,10,13H,3,8-9H2,1-2H3. The van der Waals surface area contributed by atoms with Crippen molar-refractivity contribution in [1.82, 2.24) is 5.32 Å². The summed E-state index contributed by atoms with van der Waals surface area (Å²) in [6.07, 6.45) is 0. The van der Waals surface area contributed by atoms with Crippen LogP contribution in [-0.2, 0) is 14.6 Å². The van der Waals surface area contributed by atoms with Crippen molar-refractivity contribution in [3.05, 3.63) is 34.4 Å². The van der Waals surface area contributed by atoms with Gasteiger partial charge in [-0.25, -0.2) is 8.42 Å². The van der Waals surface area contributed by atoms with Gasteiger partial charge in [-0.15, -0.1) is 0 Å². The van der Waals surface area contributed by atoms with Crippen LogP contribution in [0.3, 0.4) is 0 Å². The van der Waals surface area contributed by atoms with Gasteiger partial charge in [-0.2, -0.15) is 0 Å². The topological polar surface area (TPSA) is 98.5 Å². The number of hydrogen-bond acceptors (Lipinski definition) is 6. The summed E-state index contributed by atoms with van der Waals surface area (Å²) in [6.45, 7) is 2.65. The van der Waals surface area contributed by atoms with Crippen molar-refractivity contribution in [3.63, 3.8) is 0 Å². The Morgan fingerprint density at radius 2 is 2.05 bits per heavy atom. The number of ether oxygens (including phenoxy) is 1. The number of nitro benzene ring substituents is 1. The Bertz CT molecular complexity index is 553. The fourth-order valence-corrected chi connectivity index (χ4v) is 3.55. The van der Waals surface area contributed by atoms with Gasteiger partial charge in [-0.05, 0) is 12.6 Å². The number of likely N-dealkylation sites (N-methyl/N-ethyl adjacent to an activating group) is 1. The Hall–Kier alpha value is -1.51. The predicted molar refractivity (Wildman–Crippen MR) is 74.5 cm³/mol. The van der Waals surface area contributed by atoms with Crippen LogP contribution in [0.4, 0.5) is 5.69 Å². The molecule has 0 amide bonds. The van der Waals surface area contributed by atoms with Crippen molar-refractivity contribution >= 4 is 15.5 Å². The lowest BCUT2D eigenvalue weighted by molar-refractivity contribution is -0.387. The number of para-hydroxylation sites is 1. The summed E-state index contributed by atoms with van der Waals surface area (Å²) in [5.74, 6) is -0.250. The number of sulfone groups is 1. The van der Waals surface area contributed by atoms with Crippen LogP contribution in [0.2, 0.25) is 0 Å². The Kier molecular flexibility index (Phi) is 6.05. The predicted octanol–water partition coefficient (Wildman–Crippen LogP) is 0.993. The molecule has 0 aromatic heterocycles. The average Bonchev–Trinajstić information content (AvgIpc) is 2.39. The maximum atomic E-state index is 12.3. The molecule has 1 aromatic carbocycles. The molecule has 0 saturated carbocycles. The molecule has 0 bridgehead atoms. The van der Waals surface area contributed by atoms with Gasteiger partial charge < -0.3 is 10.1 Å². The molecule has 0 spiro atoms. The third-order valence-electron chi connectivity index (χ3n) is 2.68. The number of hydrogen-bond donors (Lipinski definition) is 1. The quantitative estimate of drug-likeness (QED) is 0.568. The lowest BCUT2D eigenvalue weighted by atomic mass is 10.3. The van der Waals surface area contributed by atoms with Crippen molar-refractivity contribution in [3.8, 4) is 0 Å². The van der Waals surface area contributed by atoms with Gasteiger partial charge in [0.05, 0.1) is 17.3 Å². The first kappa shape index (κ1) is 16.5.